The Morgan fingerprint density at radius 1 is 1.38 bits per heavy atom. The van der Waals surface area contributed by atoms with Crippen molar-refractivity contribution >= 4 is 0 Å². The van der Waals surface area contributed by atoms with Crippen LogP contribution >= 0.6 is 0 Å². The summed E-state index contributed by atoms with van der Waals surface area (Å²) in [5, 5.41) is 13.3. The van der Waals surface area contributed by atoms with E-state index in [1.165, 1.54) is 18.4 Å². The minimum atomic E-state index is 0.222. The minimum Gasteiger partial charge on any atom is -0.504 e. The number of benzene rings is 1. The summed E-state index contributed by atoms with van der Waals surface area (Å²) in [6.45, 7) is 10.1. The quantitative estimate of drug-likeness (QED) is 0.811. The second-order valence-electron chi connectivity index (χ2n) is 5.78. The van der Waals surface area contributed by atoms with Gasteiger partial charge in [-0.05, 0) is 63.0 Å². The molecule has 1 heterocycles. The van der Waals surface area contributed by atoms with E-state index in [9.17, 15) is 5.11 Å². The molecule has 0 saturated carbocycles. The highest BCUT2D eigenvalue weighted by Gasteiger charge is 2.16. The molecule has 21 heavy (non-hydrogen) atoms. The number of phenols is 1. The van der Waals surface area contributed by atoms with Crippen LogP contribution < -0.4 is 10.1 Å². The molecule has 2 N–H and O–H groups in total. The van der Waals surface area contributed by atoms with Crippen molar-refractivity contribution in [2.75, 3.05) is 32.8 Å². The number of nitrogens with one attached hydrogen (secondary N) is 1. The van der Waals surface area contributed by atoms with Crippen molar-refractivity contribution in [3.8, 4) is 11.5 Å². The highest BCUT2D eigenvalue weighted by Crippen LogP contribution is 2.27. The Balaban J connectivity index is 1.95. The van der Waals surface area contributed by atoms with E-state index in [0.29, 0.717) is 12.4 Å². The van der Waals surface area contributed by atoms with Gasteiger partial charge >= 0.3 is 0 Å². The summed E-state index contributed by atoms with van der Waals surface area (Å²) in [7, 11) is 0. The summed E-state index contributed by atoms with van der Waals surface area (Å²) in [5.74, 6) is 1.56. The van der Waals surface area contributed by atoms with Crippen LogP contribution in [0.5, 0.6) is 11.5 Å². The lowest BCUT2D eigenvalue weighted by atomic mass is 9.99. The highest BCUT2D eigenvalue weighted by atomic mass is 16.5. The van der Waals surface area contributed by atoms with Crippen molar-refractivity contribution in [1.82, 2.24) is 10.2 Å². The van der Waals surface area contributed by atoms with Gasteiger partial charge in [0.15, 0.2) is 11.5 Å². The zero-order chi connectivity index (χ0) is 15.1. The third-order valence-electron chi connectivity index (χ3n) is 4.09. The van der Waals surface area contributed by atoms with Crippen molar-refractivity contribution in [3.63, 3.8) is 0 Å². The van der Waals surface area contributed by atoms with E-state index >= 15 is 0 Å². The topological polar surface area (TPSA) is 44.7 Å². The number of aromatic hydroxyl groups is 1. The van der Waals surface area contributed by atoms with E-state index in [2.05, 4.69) is 17.1 Å². The van der Waals surface area contributed by atoms with Gasteiger partial charge in [-0.25, -0.2) is 0 Å². The van der Waals surface area contributed by atoms with Crippen LogP contribution in [-0.2, 0) is 6.54 Å². The van der Waals surface area contributed by atoms with E-state index in [1.54, 1.807) is 6.07 Å². The molecule has 4 nitrogen and oxygen atoms in total. The molecule has 2 rings (SSSR count). The molecule has 1 fully saturated rings. The average molecular weight is 292 g/mol. The van der Waals surface area contributed by atoms with E-state index in [0.717, 1.165) is 38.6 Å². The van der Waals surface area contributed by atoms with Crippen LogP contribution in [0.15, 0.2) is 18.2 Å². The van der Waals surface area contributed by atoms with Crippen LogP contribution in [0.2, 0.25) is 0 Å². The molecule has 0 aliphatic carbocycles. The van der Waals surface area contributed by atoms with Gasteiger partial charge in [-0.1, -0.05) is 13.0 Å². The van der Waals surface area contributed by atoms with Crippen LogP contribution in [-0.4, -0.2) is 42.8 Å². The Morgan fingerprint density at radius 3 is 2.90 bits per heavy atom. The van der Waals surface area contributed by atoms with Gasteiger partial charge in [0.25, 0.3) is 0 Å². The van der Waals surface area contributed by atoms with Crippen molar-refractivity contribution in [2.24, 2.45) is 5.92 Å². The van der Waals surface area contributed by atoms with E-state index < -0.39 is 0 Å². The van der Waals surface area contributed by atoms with Gasteiger partial charge in [-0.2, -0.15) is 0 Å². The molecule has 0 radical (unpaired) electrons. The Bertz CT molecular complexity index is 431. The fourth-order valence-electron chi connectivity index (χ4n) is 2.94. The van der Waals surface area contributed by atoms with Crippen molar-refractivity contribution in [3.05, 3.63) is 23.8 Å². The number of ether oxygens (including phenoxy) is 1. The zero-order valence-electron chi connectivity index (χ0n) is 13.3. The molecule has 0 bridgehead atoms. The molecule has 118 valence electrons. The molecule has 0 spiro atoms. The zero-order valence-corrected chi connectivity index (χ0v) is 13.3. The fraction of sp³-hybridized carbons (Fsp3) is 0.647. The van der Waals surface area contributed by atoms with Gasteiger partial charge < -0.3 is 15.2 Å². The van der Waals surface area contributed by atoms with Gasteiger partial charge in [0.1, 0.15) is 0 Å². The number of phenolic OH excluding ortho intramolecular Hbond substituents is 1. The molecule has 1 saturated heterocycles. The first-order valence-electron chi connectivity index (χ1n) is 8.10. The lowest BCUT2D eigenvalue weighted by molar-refractivity contribution is 0.209. The number of hydrogen-bond acceptors (Lipinski definition) is 4. The molecule has 1 atom stereocenters. The standard InChI is InChI=1S/C17H28N2O2/c1-3-19(13-15-6-5-9-18-11-15)12-14-7-8-16(20)17(10-14)21-4-2/h7-8,10,15,18,20H,3-6,9,11-13H2,1-2H3. The lowest BCUT2D eigenvalue weighted by Crippen LogP contribution is -2.38. The van der Waals surface area contributed by atoms with Crippen molar-refractivity contribution < 1.29 is 9.84 Å². The van der Waals surface area contributed by atoms with Crippen LogP contribution in [0.1, 0.15) is 32.3 Å². The first kappa shape index (κ1) is 16.1. The average Bonchev–Trinajstić information content (AvgIpc) is 2.51. The first-order chi connectivity index (χ1) is 10.2. The third kappa shape index (κ3) is 4.90. The fourth-order valence-corrected chi connectivity index (χ4v) is 2.94. The van der Waals surface area contributed by atoms with Gasteiger partial charge in [0.2, 0.25) is 0 Å². The maximum atomic E-state index is 9.77. The second-order valence-corrected chi connectivity index (χ2v) is 5.78. The lowest BCUT2D eigenvalue weighted by Gasteiger charge is -2.29. The van der Waals surface area contributed by atoms with Crippen LogP contribution in [0.25, 0.3) is 0 Å². The molecule has 1 aliphatic heterocycles. The molecule has 1 aromatic carbocycles. The van der Waals surface area contributed by atoms with Crippen LogP contribution in [0.4, 0.5) is 0 Å². The molecule has 0 aromatic heterocycles. The smallest absolute Gasteiger partial charge is 0.161 e. The largest absolute Gasteiger partial charge is 0.504 e. The number of hydrogen-bond donors (Lipinski definition) is 2. The Morgan fingerprint density at radius 2 is 2.24 bits per heavy atom. The maximum absolute atomic E-state index is 9.77. The molecule has 1 unspecified atom stereocenters. The van der Waals surface area contributed by atoms with Gasteiger partial charge in [0, 0.05) is 13.1 Å². The van der Waals surface area contributed by atoms with Gasteiger partial charge in [0.05, 0.1) is 6.61 Å². The van der Waals surface area contributed by atoms with Crippen LogP contribution in [0.3, 0.4) is 0 Å². The molecule has 1 aliphatic rings. The summed E-state index contributed by atoms with van der Waals surface area (Å²) in [5.41, 5.74) is 1.20. The molecular weight excluding hydrogens is 264 g/mol. The van der Waals surface area contributed by atoms with Crippen LogP contribution in [0, 0.1) is 5.92 Å². The highest BCUT2D eigenvalue weighted by molar-refractivity contribution is 5.41. The Labute approximate surface area is 128 Å². The summed E-state index contributed by atoms with van der Waals surface area (Å²) in [6, 6.07) is 5.68. The van der Waals surface area contributed by atoms with Crippen molar-refractivity contribution in [1.29, 1.82) is 0 Å². The summed E-state index contributed by atoms with van der Waals surface area (Å²) < 4.78 is 5.46. The minimum absolute atomic E-state index is 0.222. The monoisotopic (exact) mass is 292 g/mol. The van der Waals surface area contributed by atoms with E-state index in [-0.39, 0.29) is 5.75 Å². The van der Waals surface area contributed by atoms with Crippen molar-refractivity contribution in [2.45, 2.75) is 33.2 Å². The Kier molecular flexibility index (Phi) is 6.33. The SMILES string of the molecule is CCOc1cc(CN(CC)CC2CCCNC2)ccc1O. The summed E-state index contributed by atoms with van der Waals surface area (Å²) >= 11 is 0. The van der Waals surface area contributed by atoms with Gasteiger partial charge in [-0.15, -0.1) is 0 Å². The van der Waals surface area contributed by atoms with E-state index in [4.69, 9.17) is 4.74 Å². The molecule has 0 amide bonds. The van der Waals surface area contributed by atoms with E-state index in [1.807, 2.05) is 19.1 Å². The normalized spacial score (nSPS) is 18.9. The maximum Gasteiger partial charge on any atom is 0.161 e. The number of rotatable bonds is 7. The first-order valence-corrected chi connectivity index (χ1v) is 8.10. The predicted molar refractivity (Wildman–Crippen MR) is 85.8 cm³/mol. The Hall–Kier alpha value is -1.26. The second kappa shape index (κ2) is 8.25. The van der Waals surface area contributed by atoms with Gasteiger partial charge in [-0.3, -0.25) is 4.90 Å². The predicted octanol–water partition coefficient (Wildman–Crippen LogP) is 2.61. The molecule has 1 aromatic rings. The molecular formula is C17H28N2O2. The molecule has 4 heteroatoms. The summed E-state index contributed by atoms with van der Waals surface area (Å²) in [4.78, 5) is 2.47. The number of piperidine rings is 1. The summed E-state index contributed by atoms with van der Waals surface area (Å²) in [6.07, 6.45) is 2.61. The third-order valence-corrected chi connectivity index (χ3v) is 4.09. The number of nitrogens with zero attached hydrogens (tertiary/aromatic N) is 1.